The molecule has 0 bridgehead atoms. The standard InChI is InChI=1S/C11H14FN3OS/c1-17(16)6-2-5-15-10-7-8(12)3-4-9(10)14-11(15)13/h3-4,7H,2,5-6H2,1H3,(H2,13,14). The van der Waals surface area contributed by atoms with E-state index in [-0.39, 0.29) is 5.82 Å². The second-order valence-electron chi connectivity index (χ2n) is 3.89. The van der Waals surface area contributed by atoms with Crippen LogP contribution in [0.3, 0.4) is 0 Å². The van der Waals surface area contributed by atoms with Crippen LogP contribution in [-0.4, -0.2) is 25.8 Å². The fourth-order valence-corrected chi connectivity index (χ4v) is 2.31. The molecule has 0 fully saturated rings. The lowest BCUT2D eigenvalue weighted by atomic mass is 10.3. The lowest BCUT2D eigenvalue weighted by Crippen LogP contribution is -2.06. The summed E-state index contributed by atoms with van der Waals surface area (Å²) in [6.45, 7) is 0.603. The summed E-state index contributed by atoms with van der Waals surface area (Å²) in [5.74, 6) is 0.666. The molecule has 1 unspecified atom stereocenters. The third-order valence-corrected chi connectivity index (χ3v) is 3.42. The first-order valence-electron chi connectivity index (χ1n) is 5.29. The first kappa shape index (κ1) is 12.0. The number of hydrogen-bond acceptors (Lipinski definition) is 3. The highest BCUT2D eigenvalue weighted by Gasteiger charge is 2.08. The van der Waals surface area contributed by atoms with E-state index in [1.165, 1.54) is 12.1 Å². The molecular weight excluding hydrogens is 241 g/mol. The third kappa shape index (κ3) is 2.63. The van der Waals surface area contributed by atoms with Crippen LogP contribution in [0.4, 0.5) is 10.3 Å². The van der Waals surface area contributed by atoms with Crippen LogP contribution in [0.2, 0.25) is 0 Å². The van der Waals surface area contributed by atoms with Crippen molar-refractivity contribution in [2.75, 3.05) is 17.7 Å². The highest BCUT2D eigenvalue weighted by Crippen LogP contribution is 2.19. The summed E-state index contributed by atoms with van der Waals surface area (Å²) < 4.78 is 25.9. The van der Waals surface area contributed by atoms with Gasteiger partial charge in [0.2, 0.25) is 5.95 Å². The van der Waals surface area contributed by atoms with Gasteiger partial charge < -0.3 is 10.3 Å². The minimum absolute atomic E-state index is 0.308. The van der Waals surface area contributed by atoms with Gasteiger partial charge in [-0.05, 0) is 24.6 Å². The third-order valence-electron chi connectivity index (χ3n) is 2.55. The number of benzene rings is 1. The van der Waals surface area contributed by atoms with Gasteiger partial charge in [-0.1, -0.05) is 0 Å². The van der Waals surface area contributed by atoms with E-state index >= 15 is 0 Å². The Balaban J connectivity index is 2.28. The SMILES string of the molecule is CS(=O)CCCn1c(N)nc2ccc(F)cc21. The van der Waals surface area contributed by atoms with Gasteiger partial charge in [0.1, 0.15) is 5.82 Å². The van der Waals surface area contributed by atoms with Crippen LogP contribution in [0.5, 0.6) is 0 Å². The zero-order valence-corrected chi connectivity index (χ0v) is 10.3. The van der Waals surface area contributed by atoms with E-state index in [4.69, 9.17) is 5.73 Å². The Morgan fingerprint density at radius 3 is 3.00 bits per heavy atom. The van der Waals surface area contributed by atoms with E-state index in [1.807, 2.05) is 0 Å². The predicted molar refractivity (Wildman–Crippen MR) is 67.7 cm³/mol. The Hall–Kier alpha value is -1.43. The number of nitrogens with two attached hydrogens (primary N) is 1. The number of halogens is 1. The Bertz CT molecular complexity index is 567. The Morgan fingerprint density at radius 1 is 1.53 bits per heavy atom. The first-order chi connectivity index (χ1) is 8.08. The summed E-state index contributed by atoms with van der Waals surface area (Å²) >= 11 is 0. The van der Waals surface area contributed by atoms with E-state index < -0.39 is 10.8 Å². The second-order valence-corrected chi connectivity index (χ2v) is 5.44. The fourth-order valence-electron chi connectivity index (χ4n) is 1.78. The van der Waals surface area contributed by atoms with Gasteiger partial charge in [0.05, 0.1) is 11.0 Å². The van der Waals surface area contributed by atoms with Gasteiger partial charge in [-0.15, -0.1) is 0 Å². The average Bonchev–Trinajstić information content (AvgIpc) is 2.55. The first-order valence-corrected chi connectivity index (χ1v) is 7.02. The maximum atomic E-state index is 13.1. The Labute approximate surface area is 101 Å². The van der Waals surface area contributed by atoms with E-state index in [1.54, 1.807) is 16.9 Å². The van der Waals surface area contributed by atoms with Crippen LogP contribution in [0.1, 0.15) is 6.42 Å². The van der Waals surface area contributed by atoms with Crippen molar-refractivity contribution >= 4 is 27.8 Å². The summed E-state index contributed by atoms with van der Waals surface area (Å²) in [6.07, 6.45) is 2.39. The maximum Gasteiger partial charge on any atom is 0.201 e. The van der Waals surface area contributed by atoms with Crippen LogP contribution in [-0.2, 0) is 17.3 Å². The molecule has 0 aliphatic rings. The molecule has 1 aromatic carbocycles. The van der Waals surface area contributed by atoms with Crippen LogP contribution in [0.25, 0.3) is 11.0 Å². The predicted octanol–water partition coefficient (Wildman–Crippen LogP) is 1.53. The molecule has 0 saturated heterocycles. The van der Waals surface area contributed by atoms with Gasteiger partial charge in [-0.3, -0.25) is 4.21 Å². The number of rotatable bonds is 4. The van der Waals surface area contributed by atoms with Crippen molar-refractivity contribution in [1.82, 2.24) is 9.55 Å². The summed E-state index contributed by atoms with van der Waals surface area (Å²) in [5, 5.41) is 0. The molecule has 2 N–H and O–H groups in total. The number of fused-ring (bicyclic) bond motifs is 1. The van der Waals surface area contributed by atoms with E-state index in [0.717, 1.165) is 6.42 Å². The molecule has 92 valence electrons. The van der Waals surface area contributed by atoms with Gasteiger partial charge in [0.25, 0.3) is 0 Å². The molecule has 6 heteroatoms. The smallest absolute Gasteiger partial charge is 0.201 e. The van der Waals surface area contributed by atoms with Crippen molar-refractivity contribution in [2.45, 2.75) is 13.0 Å². The van der Waals surface area contributed by atoms with Gasteiger partial charge >= 0.3 is 0 Å². The van der Waals surface area contributed by atoms with Crippen molar-refractivity contribution in [2.24, 2.45) is 0 Å². The quantitative estimate of drug-likeness (QED) is 0.901. The fraction of sp³-hybridized carbons (Fsp3) is 0.364. The molecule has 0 spiro atoms. The molecule has 4 nitrogen and oxygen atoms in total. The van der Waals surface area contributed by atoms with Crippen LogP contribution in [0, 0.1) is 5.82 Å². The summed E-state index contributed by atoms with van der Waals surface area (Å²) in [6, 6.07) is 4.39. The normalized spacial score (nSPS) is 13.1. The van der Waals surface area contributed by atoms with Crippen LogP contribution < -0.4 is 5.73 Å². The molecule has 2 aromatic rings. The van der Waals surface area contributed by atoms with Crippen molar-refractivity contribution in [1.29, 1.82) is 0 Å². The summed E-state index contributed by atoms with van der Waals surface area (Å²) in [7, 11) is -0.820. The molecule has 0 aliphatic heterocycles. The minimum Gasteiger partial charge on any atom is -0.369 e. The molecule has 0 amide bonds. The molecule has 1 aromatic heterocycles. The molecule has 0 radical (unpaired) electrons. The lowest BCUT2D eigenvalue weighted by molar-refractivity contribution is 0.627. The zero-order chi connectivity index (χ0) is 12.4. The summed E-state index contributed by atoms with van der Waals surface area (Å²) in [4.78, 5) is 4.15. The van der Waals surface area contributed by atoms with E-state index in [0.29, 0.717) is 29.3 Å². The zero-order valence-electron chi connectivity index (χ0n) is 9.52. The van der Waals surface area contributed by atoms with Crippen molar-refractivity contribution in [3.63, 3.8) is 0 Å². The topological polar surface area (TPSA) is 60.9 Å². The van der Waals surface area contributed by atoms with Crippen molar-refractivity contribution in [3.05, 3.63) is 24.0 Å². The van der Waals surface area contributed by atoms with Gasteiger partial charge in [-0.2, -0.15) is 0 Å². The van der Waals surface area contributed by atoms with Gasteiger partial charge in [-0.25, -0.2) is 9.37 Å². The molecule has 2 rings (SSSR count). The molecular formula is C11H14FN3OS. The van der Waals surface area contributed by atoms with E-state index in [2.05, 4.69) is 4.98 Å². The average molecular weight is 255 g/mol. The maximum absolute atomic E-state index is 13.1. The highest BCUT2D eigenvalue weighted by molar-refractivity contribution is 7.84. The van der Waals surface area contributed by atoms with E-state index in [9.17, 15) is 8.60 Å². The van der Waals surface area contributed by atoms with Crippen molar-refractivity contribution in [3.8, 4) is 0 Å². The summed E-state index contributed by atoms with van der Waals surface area (Å²) in [5.41, 5.74) is 7.14. The Morgan fingerprint density at radius 2 is 2.29 bits per heavy atom. The second kappa shape index (κ2) is 4.83. The van der Waals surface area contributed by atoms with Crippen molar-refractivity contribution < 1.29 is 8.60 Å². The molecule has 0 aliphatic carbocycles. The number of aromatic nitrogens is 2. The largest absolute Gasteiger partial charge is 0.369 e. The molecule has 1 atom stereocenters. The number of anilines is 1. The number of imidazole rings is 1. The molecule has 1 heterocycles. The number of aryl methyl sites for hydroxylation is 1. The van der Waals surface area contributed by atoms with Crippen LogP contribution >= 0.6 is 0 Å². The Kier molecular flexibility index (Phi) is 3.42. The number of nitrogens with zero attached hydrogens (tertiary/aromatic N) is 2. The number of nitrogen functional groups attached to an aromatic ring is 1. The van der Waals surface area contributed by atoms with Gasteiger partial charge in [0, 0.05) is 29.4 Å². The number of hydrogen-bond donors (Lipinski definition) is 1. The van der Waals surface area contributed by atoms with Crippen LogP contribution in [0.15, 0.2) is 18.2 Å². The monoisotopic (exact) mass is 255 g/mol. The van der Waals surface area contributed by atoms with Gasteiger partial charge in [0.15, 0.2) is 0 Å². The molecule has 0 saturated carbocycles. The lowest BCUT2D eigenvalue weighted by Gasteiger charge is -2.05. The highest BCUT2D eigenvalue weighted by atomic mass is 32.2. The minimum atomic E-state index is -0.820. The molecule has 17 heavy (non-hydrogen) atoms.